The minimum Gasteiger partial charge on any atom is -0.478 e. The molecule has 10 nitrogen and oxygen atoms in total. The van der Waals surface area contributed by atoms with Crippen molar-refractivity contribution in [2.45, 2.75) is 19.6 Å². The maximum absolute atomic E-state index is 15.5. The number of fused-ring (bicyclic) bond motifs is 1. The molecule has 0 saturated carbocycles. The minimum absolute atomic E-state index is 0.0112. The van der Waals surface area contributed by atoms with Gasteiger partial charge in [-0.3, -0.25) is 9.67 Å². The summed E-state index contributed by atoms with van der Waals surface area (Å²) in [6, 6.07) is 17.3. The van der Waals surface area contributed by atoms with E-state index >= 15 is 8.78 Å². The van der Waals surface area contributed by atoms with Crippen LogP contribution < -0.4 is 4.74 Å². The molecule has 0 spiro atoms. The molecule has 0 aliphatic carbocycles. The molecular formula is C33H28F2N6O4. The summed E-state index contributed by atoms with van der Waals surface area (Å²) in [7, 11) is 3.39. The number of halogens is 2. The van der Waals surface area contributed by atoms with Gasteiger partial charge < -0.3 is 19.1 Å². The number of imidazole rings is 1. The van der Waals surface area contributed by atoms with Gasteiger partial charge in [0.1, 0.15) is 24.1 Å². The Balaban J connectivity index is 1.21. The number of hydrogen-bond acceptors (Lipinski definition) is 7. The molecule has 0 radical (unpaired) electrons. The Labute approximate surface area is 256 Å². The number of hydrogen-bond donors (Lipinski definition) is 1. The first-order valence-corrected chi connectivity index (χ1v) is 14.0. The number of benzene rings is 2. The average molecular weight is 611 g/mol. The van der Waals surface area contributed by atoms with E-state index in [1.54, 1.807) is 53.0 Å². The van der Waals surface area contributed by atoms with Crippen molar-refractivity contribution in [3.8, 4) is 28.5 Å². The van der Waals surface area contributed by atoms with Gasteiger partial charge in [-0.1, -0.05) is 12.1 Å². The standard InChI is InChI=1S/C33H28F2N6O4/c1-40-29(10-11-37-40)27-8-6-20(18-36-27)19-45-32-5-3-4-26(39-32)23-17-24(34)22(14-25(23)35)16-31-38-28-9-7-21(33(42)43)15-30(28)41(31)12-13-44-2/h3-11,14-15,17-18H,12-13,16,19H2,1-2H3,(H,42,43). The van der Waals surface area contributed by atoms with Crippen LogP contribution in [0.15, 0.2) is 79.1 Å². The van der Waals surface area contributed by atoms with Gasteiger partial charge in [0.05, 0.1) is 40.3 Å². The smallest absolute Gasteiger partial charge is 0.335 e. The number of aromatic nitrogens is 6. The molecule has 0 bridgehead atoms. The van der Waals surface area contributed by atoms with Crippen LogP contribution in [0.2, 0.25) is 0 Å². The molecule has 4 heterocycles. The number of pyridine rings is 2. The molecule has 0 unspecified atom stereocenters. The average Bonchev–Trinajstić information content (AvgIpc) is 3.63. The van der Waals surface area contributed by atoms with E-state index in [0.717, 1.165) is 29.1 Å². The number of carbonyl (C=O) groups is 1. The molecule has 0 saturated heterocycles. The van der Waals surface area contributed by atoms with Crippen molar-refractivity contribution in [2.24, 2.45) is 7.05 Å². The maximum Gasteiger partial charge on any atom is 0.335 e. The van der Waals surface area contributed by atoms with E-state index in [2.05, 4.69) is 20.1 Å². The summed E-state index contributed by atoms with van der Waals surface area (Å²) in [5, 5.41) is 13.6. The van der Waals surface area contributed by atoms with Crippen LogP contribution in [-0.2, 0) is 31.4 Å². The van der Waals surface area contributed by atoms with E-state index in [1.165, 1.54) is 12.1 Å². The summed E-state index contributed by atoms with van der Waals surface area (Å²) >= 11 is 0. The van der Waals surface area contributed by atoms with Gasteiger partial charge in [0, 0.05) is 56.7 Å². The van der Waals surface area contributed by atoms with Crippen LogP contribution in [0.4, 0.5) is 8.78 Å². The SMILES string of the molecule is COCCn1c(Cc2cc(F)c(-c3cccc(OCc4ccc(-c5ccnn5C)nc4)n3)cc2F)nc2ccc(C(=O)O)cc21. The number of nitrogens with zero attached hydrogens (tertiary/aromatic N) is 6. The number of ether oxygens (including phenoxy) is 2. The molecule has 0 atom stereocenters. The number of carboxylic acid groups (broad SMARTS) is 1. The minimum atomic E-state index is -1.07. The van der Waals surface area contributed by atoms with Crippen LogP contribution in [0.25, 0.3) is 33.7 Å². The predicted molar refractivity (Wildman–Crippen MR) is 162 cm³/mol. The van der Waals surface area contributed by atoms with Crippen molar-refractivity contribution in [3.05, 3.63) is 113 Å². The molecule has 0 fully saturated rings. The number of carboxylic acids is 1. The molecule has 4 aromatic heterocycles. The fourth-order valence-electron chi connectivity index (χ4n) is 5.05. The second-order valence-corrected chi connectivity index (χ2v) is 10.3. The summed E-state index contributed by atoms with van der Waals surface area (Å²) in [4.78, 5) is 25.0. The van der Waals surface area contributed by atoms with Crippen LogP contribution in [-0.4, -0.2) is 54.1 Å². The Morgan fingerprint density at radius 2 is 1.84 bits per heavy atom. The molecule has 6 aromatic rings. The van der Waals surface area contributed by atoms with Gasteiger partial charge in [-0.05, 0) is 54.1 Å². The van der Waals surface area contributed by atoms with E-state index < -0.39 is 17.6 Å². The molecule has 6 rings (SSSR count). The van der Waals surface area contributed by atoms with Crippen LogP contribution in [0.1, 0.15) is 27.3 Å². The Kier molecular flexibility index (Phi) is 8.30. The van der Waals surface area contributed by atoms with Crippen molar-refractivity contribution in [1.82, 2.24) is 29.3 Å². The molecule has 0 aliphatic rings. The fraction of sp³-hybridized carbons (Fsp3) is 0.182. The molecule has 228 valence electrons. The zero-order valence-electron chi connectivity index (χ0n) is 24.4. The molecule has 0 aliphatic heterocycles. The lowest BCUT2D eigenvalue weighted by molar-refractivity contribution is 0.0697. The number of rotatable bonds is 11. The summed E-state index contributed by atoms with van der Waals surface area (Å²) in [6.07, 6.45) is 3.39. The summed E-state index contributed by atoms with van der Waals surface area (Å²) in [5.41, 5.74) is 3.99. The van der Waals surface area contributed by atoms with Gasteiger partial charge in [0.15, 0.2) is 0 Å². The van der Waals surface area contributed by atoms with Gasteiger partial charge in [-0.2, -0.15) is 5.10 Å². The maximum atomic E-state index is 15.5. The molecule has 2 aromatic carbocycles. The van der Waals surface area contributed by atoms with Crippen LogP contribution in [0.5, 0.6) is 5.88 Å². The normalized spacial score (nSPS) is 11.3. The zero-order chi connectivity index (χ0) is 31.5. The van der Waals surface area contributed by atoms with Crippen molar-refractivity contribution in [2.75, 3.05) is 13.7 Å². The van der Waals surface area contributed by atoms with Gasteiger partial charge in [0.2, 0.25) is 5.88 Å². The highest BCUT2D eigenvalue weighted by Gasteiger charge is 2.18. The fourth-order valence-corrected chi connectivity index (χ4v) is 5.05. The molecule has 12 heteroatoms. The van der Waals surface area contributed by atoms with Gasteiger partial charge in [-0.25, -0.2) is 23.5 Å². The lowest BCUT2D eigenvalue weighted by Gasteiger charge is -2.12. The quantitative estimate of drug-likeness (QED) is 0.199. The Morgan fingerprint density at radius 1 is 0.978 bits per heavy atom. The van der Waals surface area contributed by atoms with Gasteiger partial charge in [-0.15, -0.1) is 0 Å². The first kappa shape index (κ1) is 29.6. The van der Waals surface area contributed by atoms with Crippen LogP contribution in [0, 0.1) is 11.6 Å². The molecular weight excluding hydrogens is 582 g/mol. The van der Waals surface area contributed by atoms with Crippen LogP contribution >= 0.6 is 0 Å². The van der Waals surface area contributed by atoms with E-state index in [1.807, 2.05) is 25.2 Å². The summed E-state index contributed by atoms with van der Waals surface area (Å²) in [5.74, 6) is -1.65. The van der Waals surface area contributed by atoms with E-state index in [-0.39, 0.29) is 41.3 Å². The third kappa shape index (κ3) is 6.27. The molecule has 45 heavy (non-hydrogen) atoms. The first-order valence-electron chi connectivity index (χ1n) is 14.0. The van der Waals surface area contributed by atoms with Gasteiger partial charge >= 0.3 is 5.97 Å². The summed E-state index contributed by atoms with van der Waals surface area (Å²) in [6.45, 7) is 0.862. The summed E-state index contributed by atoms with van der Waals surface area (Å²) < 4.78 is 45.5. The topological polar surface area (TPSA) is 117 Å². The highest BCUT2D eigenvalue weighted by Crippen LogP contribution is 2.28. The Hall–Kier alpha value is -5.49. The number of aromatic carboxylic acids is 1. The second-order valence-electron chi connectivity index (χ2n) is 10.3. The second kappa shape index (κ2) is 12.6. The highest BCUT2D eigenvalue weighted by molar-refractivity contribution is 5.92. The lowest BCUT2D eigenvalue weighted by Crippen LogP contribution is -2.10. The number of methoxy groups -OCH3 is 1. The van der Waals surface area contributed by atoms with Crippen LogP contribution in [0.3, 0.4) is 0 Å². The number of aryl methyl sites for hydroxylation is 1. The largest absolute Gasteiger partial charge is 0.478 e. The van der Waals surface area contributed by atoms with Crippen molar-refractivity contribution in [1.29, 1.82) is 0 Å². The Bertz CT molecular complexity index is 2010. The third-order valence-corrected chi connectivity index (χ3v) is 7.37. The zero-order valence-corrected chi connectivity index (χ0v) is 24.4. The first-order chi connectivity index (χ1) is 21.8. The Morgan fingerprint density at radius 3 is 2.58 bits per heavy atom. The predicted octanol–water partition coefficient (Wildman–Crippen LogP) is 5.69. The van der Waals surface area contributed by atoms with E-state index in [0.29, 0.717) is 30.0 Å². The van der Waals surface area contributed by atoms with E-state index in [4.69, 9.17) is 9.47 Å². The van der Waals surface area contributed by atoms with E-state index in [9.17, 15) is 9.90 Å². The van der Waals surface area contributed by atoms with Crippen molar-refractivity contribution < 1.29 is 28.2 Å². The third-order valence-electron chi connectivity index (χ3n) is 7.37. The monoisotopic (exact) mass is 610 g/mol. The lowest BCUT2D eigenvalue weighted by atomic mass is 10.0. The highest BCUT2D eigenvalue weighted by atomic mass is 19.1. The molecule has 1 N–H and O–H groups in total. The van der Waals surface area contributed by atoms with Crippen molar-refractivity contribution in [3.63, 3.8) is 0 Å². The van der Waals surface area contributed by atoms with Crippen molar-refractivity contribution >= 4 is 17.0 Å². The van der Waals surface area contributed by atoms with Gasteiger partial charge in [0.25, 0.3) is 0 Å². The molecule has 0 amide bonds.